The van der Waals surface area contributed by atoms with E-state index in [-0.39, 0.29) is 5.91 Å². The Bertz CT molecular complexity index is 1300. The molecule has 0 unspecified atom stereocenters. The molecule has 15 nitrogen and oxygen atoms in total. The second kappa shape index (κ2) is 28.6. The van der Waals surface area contributed by atoms with Gasteiger partial charge >= 0.3 is 0 Å². The molecule has 0 saturated carbocycles. The monoisotopic (exact) mass is 764 g/mol. The van der Waals surface area contributed by atoms with Crippen molar-refractivity contribution in [3.63, 3.8) is 0 Å². The minimum atomic E-state index is -0.256. The first-order valence-corrected chi connectivity index (χ1v) is 19.7. The largest absolute Gasteiger partial charge is 0.379 e. The van der Waals surface area contributed by atoms with Gasteiger partial charge in [-0.2, -0.15) is 0 Å². The molecule has 3 aromatic heterocycles. The van der Waals surface area contributed by atoms with Crippen molar-refractivity contribution < 1.29 is 42.7 Å². The fraction of sp³-hybridized carbons (Fsp3) is 0.600. The Morgan fingerprint density at radius 3 is 1.19 bits per heavy atom. The van der Waals surface area contributed by atoms with Crippen LogP contribution in [0.5, 0.6) is 0 Å². The zero-order chi connectivity index (χ0) is 36.9. The fourth-order valence-electron chi connectivity index (χ4n) is 4.19. The van der Waals surface area contributed by atoms with E-state index in [4.69, 9.17) is 42.9 Å². The third-order valence-electron chi connectivity index (χ3n) is 6.78. The molecule has 0 atom stereocenters. The third-order valence-corrected chi connectivity index (χ3v) is 7.94. The molecule has 0 spiro atoms. The lowest BCUT2D eigenvalue weighted by atomic mass is 10.1. The molecule has 0 bridgehead atoms. The number of nitrogens with zero attached hydrogens (tertiary/aromatic N) is 5. The normalized spacial score (nSPS) is 11.3. The van der Waals surface area contributed by atoms with Gasteiger partial charge in [0.2, 0.25) is 0 Å². The molecule has 0 aliphatic heterocycles. The summed E-state index contributed by atoms with van der Waals surface area (Å²) in [7, 11) is 0. The van der Waals surface area contributed by atoms with E-state index >= 15 is 0 Å². The van der Waals surface area contributed by atoms with Crippen LogP contribution in [-0.2, 0) is 37.9 Å². The first-order chi connectivity index (χ1) is 25.6. The third kappa shape index (κ3) is 18.8. The summed E-state index contributed by atoms with van der Waals surface area (Å²) in [5, 5.41) is 4.21. The number of carbonyl (C=O) groups excluding carboxylic acids is 1. The Hall–Kier alpha value is -2.84. The molecule has 0 aliphatic rings. The number of pyridine rings is 1. The van der Waals surface area contributed by atoms with E-state index in [1.165, 1.54) is 23.5 Å². The minimum Gasteiger partial charge on any atom is -0.379 e. The first-order valence-electron chi connectivity index (χ1n) is 17.3. The molecule has 0 saturated heterocycles. The van der Waals surface area contributed by atoms with Crippen LogP contribution < -0.4 is 5.32 Å². The van der Waals surface area contributed by atoms with E-state index in [1.54, 1.807) is 36.9 Å². The molecule has 0 radical (unpaired) electrons. The molecule has 52 heavy (non-hydrogen) atoms. The molecular formula is C35H52N6O9S2. The van der Waals surface area contributed by atoms with Gasteiger partial charge in [0.15, 0.2) is 10.3 Å². The molecule has 0 aromatic carbocycles. The predicted molar refractivity (Wildman–Crippen MR) is 199 cm³/mol. The average Bonchev–Trinajstić information content (AvgIpc) is 3.19. The zero-order valence-corrected chi connectivity index (χ0v) is 32.1. The quantitative estimate of drug-likeness (QED) is 0.0572. The molecule has 0 aliphatic carbocycles. The van der Waals surface area contributed by atoms with E-state index in [1.807, 2.05) is 12.5 Å². The number of nitrogens with one attached hydrogen (secondary N) is 1. The number of amides is 1. The SMILES string of the molecule is CCCOCCOCCOCCOCCOCCOCCOCCOCCNC(=O)c1cc(-c2cnc(SC)nc2)nc(-c2cnc(SC)nc2)c1. The van der Waals surface area contributed by atoms with Crippen LogP contribution in [0.25, 0.3) is 22.5 Å². The summed E-state index contributed by atoms with van der Waals surface area (Å²) < 4.78 is 43.9. The lowest BCUT2D eigenvalue weighted by molar-refractivity contribution is -0.0230. The van der Waals surface area contributed by atoms with Gasteiger partial charge in [-0.3, -0.25) is 4.79 Å². The Morgan fingerprint density at radius 2 is 0.865 bits per heavy atom. The molecular weight excluding hydrogens is 713 g/mol. The Morgan fingerprint density at radius 1 is 0.538 bits per heavy atom. The van der Waals surface area contributed by atoms with Crippen molar-refractivity contribution in [3.05, 3.63) is 42.5 Å². The number of carbonyl (C=O) groups is 1. The summed E-state index contributed by atoms with van der Waals surface area (Å²) in [5.74, 6) is -0.256. The van der Waals surface area contributed by atoms with E-state index in [9.17, 15) is 4.79 Å². The summed E-state index contributed by atoms with van der Waals surface area (Å²) in [6, 6.07) is 3.44. The number of rotatable bonds is 31. The summed E-state index contributed by atoms with van der Waals surface area (Å²) in [6.45, 7) is 10.5. The van der Waals surface area contributed by atoms with Crippen molar-refractivity contribution in [1.29, 1.82) is 0 Å². The summed E-state index contributed by atoms with van der Waals surface area (Å²) >= 11 is 2.90. The molecule has 3 rings (SSSR count). The lowest BCUT2D eigenvalue weighted by Gasteiger charge is -2.11. The Labute approximate surface area is 315 Å². The van der Waals surface area contributed by atoms with Gasteiger partial charge in [0.1, 0.15) is 0 Å². The fourth-order valence-corrected chi connectivity index (χ4v) is 4.82. The van der Waals surface area contributed by atoms with Crippen LogP contribution in [0.15, 0.2) is 47.2 Å². The lowest BCUT2D eigenvalue weighted by Crippen LogP contribution is -2.28. The molecule has 3 heterocycles. The standard InChI is InChI=1S/C35H52N6O9S2/c1-4-6-43-8-10-45-12-14-47-16-18-49-20-21-50-19-17-48-15-13-46-11-9-44-7-5-36-33(42)28-22-31(29-24-37-34(51-2)38-25-29)41-32(23-28)30-26-39-35(52-3)40-27-30/h22-27H,4-21H2,1-3H3,(H,36,42). The zero-order valence-electron chi connectivity index (χ0n) is 30.4. The van der Waals surface area contributed by atoms with Crippen LogP contribution in [0.2, 0.25) is 0 Å². The molecule has 3 aromatic rings. The van der Waals surface area contributed by atoms with Crippen molar-refractivity contribution in [1.82, 2.24) is 30.2 Å². The molecule has 1 N–H and O–H groups in total. The van der Waals surface area contributed by atoms with Crippen molar-refractivity contribution in [3.8, 4) is 22.5 Å². The number of thioether (sulfide) groups is 2. The van der Waals surface area contributed by atoms with Crippen LogP contribution in [0.1, 0.15) is 23.7 Å². The topological polar surface area (TPSA) is 167 Å². The molecule has 288 valence electrons. The minimum absolute atomic E-state index is 0.256. The van der Waals surface area contributed by atoms with Crippen LogP contribution in [0, 0.1) is 0 Å². The summed E-state index contributed by atoms with van der Waals surface area (Å²) in [6.07, 6.45) is 11.6. The highest BCUT2D eigenvalue weighted by atomic mass is 32.2. The number of aromatic nitrogens is 5. The van der Waals surface area contributed by atoms with Crippen molar-refractivity contribution in [2.45, 2.75) is 23.7 Å². The van der Waals surface area contributed by atoms with E-state index < -0.39 is 0 Å². The van der Waals surface area contributed by atoms with E-state index in [2.05, 4.69) is 32.2 Å². The van der Waals surface area contributed by atoms with Crippen LogP contribution in [-0.4, -0.2) is 156 Å². The molecule has 0 fully saturated rings. The first kappa shape index (κ1) is 43.6. The van der Waals surface area contributed by atoms with Gasteiger partial charge in [-0.25, -0.2) is 24.9 Å². The maximum absolute atomic E-state index is 13.1. The Kier molecular flexibility index (Phi) is 24.0. The van der Waals surface area contributed by atoms with Crippen LogP contribution in [0.4, 0.5) is 0 Å². The van der Waals surface area contributed by atoms with Gasteiger partial charge in [0, 0.05) is 54.6 Å². The van der Waals surface area contributed by atoms with Crippen molar-refractivity contribution in [2.24, 2.45) is 0 Å². The van der Waals surface area contributed by atoms with Crippen LogP contribution in [0.3, 0.4) is 0 Å². The van der Waals surface area contributed by atoms with Gasteiger partial charge in [-0.15, -0.1) is 0 Å². The smallest absolute Gasteiger partial charge is 0.251 e. The van der Waals surface area contributed by atoms with Crippen molar-refractivity contribution >= 4 is 29.4 Å². The van der Waals surface area contributed by atoms with Crippen molar-refractivity contribution in [2.75, 3.05) is 125 Å². The highest BCUT2D eigenvalue weighted by Gasteiger charge is 2.14. The number of ether oxygens (including phenoxy) is 8. The second-order valence-corrected chi connectivity index (χ2v) is 12.2. The van der Waals surface area contributed by atoms with Gasteiger partial charge < -0.3 is 43.2 Å². The summed E-state index contributed by atoms with van der Waals surface area (Å²) in [5.41, 5.74) is 2.96. The number of hydrogen-bond donors (Lipinski definition) is 1. The van der Waals surface area contributed by atoms with Gasteiger partial charge in [-0.1, -0.05) is 30.4 Å². The summed E-state index contributed by atoms with van der Waals surface area (Å²) in [4.78, 5) is 35.3. The molecule has 1 amide bonds. The maximum atomic E-state index is 13.1. The Balaban J connectivity index is 1.19. The average molecular weight is 765 g/mol. The predicted octanol–water partition coefficient (Wildman–Crippen LogP) is 3.71. The van der Waals surface area contributed by atoms with E-state index in [0.717, 1.165) is 13.0 Å². The highest BCUT2D eigenvalue weighted by Crippen LogP contribution is 2.25. The number of hydrogen-bond acceptors (Lipinski definition) is 16. The molecule has 17 heteroatoms. The maximum Gasteiger partial charge on any atom is 0.251 e. The van der Waals surface area contributed by atoms with Gasteiger partial charge in [-0.05, 0) is 31.1 Å². The van der Waals surface area contributed by atoms with Gasteiger partial charge in [0.05, 0.1) is 110 Å². The van der Waals surface area contributed by atoms with Crippen LogP contribution >= 0.6 is 23.5 Å². The highest BCUT2D eigenvalue weighted by molar-refractivity contribution is 7.98. The second-order valence-electron chi connectivity index (χ2n) is 10.7. The van der Waals surface area contributed by atoms with Gasteiger partial charge in [0.25, 0.3) is 5.91 Å². The van der Waals surface area contributed by atoms with E-state index in [0.29, 0.717) is 144 Å².